The summed E-state index contributed by atoms with van der Waals surface area (Å²) in [5, 5.41) is 0. The second-order valence-corrected chi connectivity index (χ2v) is 5.77. The zero-order chi connectivity index (χ0) is 15.3. The Hall–Kier alpha value is -2.81. The molecule has 1 heterocycles. The molecule has 4 rings (SSSR count). The van der Waals surface area contributed by atoms with Gasteiger partial charge < -0.3 is 11.5 Å². The minimum Gasteiger partial charge on any atom is -0.396 e. The van der Waals surface area contributed by atoms with Crippen LogP contribution in [0.15, 0.2) is 54.7 Å². The summed E-state index contributed by atoms with van der Waals surface area (Å²) in [6, 6.07) is 17.1. The average Bonchev–Trinajstić information content (AvgIpc) is 2.54. The van der Waals surface area contributed by atoms with Crippen LogP contribution in [0.25, 0.3) is 22.3 Å². The van der Waals surface area contributed by atoms with Crippen molar-refractivity contribution in [3.8, 4) is 22.3 Å². The molecule has 22 heavy (non-hydrogen) atoms. The van der Waals surface area contributed by atoms with Gasteiger partial charge in [-0.3, -0.25) is 0 Å². The molecule has 0 radical (unpaired) electrons. The Kier molecular flexibility index (Phi) is 2.70. The fourth-order valence-corrected chi connectivity index (χ4v) is 3.24. The van der Waals surface area contributed by atoms with Crippen molar-refractivity contribution in [1.82, 2.24) is 4.98 Å². The number of anilines is 2. The number of nitrogen functional groups attached to an aromatic ring is 2. The van der Waals surface area contributed by atoms with Gasteiger partial charge in [-0.15, -0.1) is 0 Å². The fraction of sp³-hybridized carbons (Fsp3) is 0.105. The number of aromatic nitrogens is 1. The van der Waals surface area contributed by atoms with Crippen LogP contribution in [0.4, 0.5) is 11.5 Å². The number of fused-ring (bicyclic) bond motifs is 4. The van der Waals surface area contributed by atoms with E-state index in [1.807, 2.05) is 6.07 Å². The highest BCUT2D eigenvalue weighted by molar-refractivity contribution is 6.02. The van der Waals surface area contributed by atoms with Crippen molar-refractivity contribution in [2.75, 3.05) is 11.5 Å². The van der Waals surface area contributed by atoms with Gasteiger partial charge in [-0.05, 0) is 45.5 Å². The number of nitrogens with two attached hydrogens (primary N) is 2. The van der Waals surface area contributed by atoms with Crippen molar-refractivity contribution in [3.05, 3.63) is 65.9 Å². The van der Waals surface area contributed by atoms with Crippen LogP contribution in [0.1, 0.15) is 24.0 Å². The maximum atomic E-state index is 6.09. The van der Waals surface area contributed by atoms with Gasteiger partial charge in [0.05, 0.1) is 5.69 Å². The molecular formula is C19H17N3. The smallest absolute Gasteiger partial charge is 0.146 e. The number of hydrogen-bond acceptors (Lipinski definition) is 3. The van der Waals surface area contributed by atoms with Crippen molar-refractivity contribution in [2.24, 2.45) is 0 Å². The third-order valence-corrected chi connectivity index (χ3v) is 4.57. The molecule has 1 aromatic heterocycles. The Balaban J connectivity index is 1.76. The summed E-state index contributed by atoms with van der Waals surface area (Å²) in [7, 11) is 0. The van der Waals surface area contributed by atoms with E-state index >= 15 is 0 Å². The SMILES string of the molecule is CC(c1ccc2c(c1)-c1ccccc1-2)c1ccnc(N)c1N. The van der Waals surface area contributed by atoms with Crippen molar-refractivity contribution >= 4 is 11.5 Å². The van der Waals surface area contributed by atoms with Crippen LogP contribution >= 0.6 is 0 Å². The van der Waals surface area contributed by atoms with Crippen LogP contribution < -0.4 is 11.5 Å². The lowest BCUT2D eigenvalue weighted by molar-refractivity contribution is 0.922. The zero-order valence-electron chi connectivity index (χ0n) is 12.4. The van der Waals surface area contributed by atoms with E-state index in [4.69, 9.17) is 11.5 Å². The summed E-state index contributed by atoms with van der Waals surface area (Å²) in [6.45, 7) is 2.15. The quantitative estimate of drug-likeness (QED) is 0.584. The summed E-state index contributed by atoms with van der Waals surface area (Å²) in [6.07, 6.45) is 1.72. The van der Waals surface area contributed by atoms with Gasteiger partial charge in [0.15, 0.2) is 0 Å². The molecule has 2 aromatic carbocycles. The van der Waals surface area contributed by atoms with E-state index in [1.165, 1.54) is 27.8 Å². The van der Waals surface area contributed by atoms with Crippen LogP contribution in [0.2, 0.25) is 0 Å². The molecule has 0 spiro atoms. The average molecular weight is 287 g/mol. The molecule has 1 atom stereocenters. The van der Waals surface area contributed by atoms with Crippen LogP contribution in [0.3, 0.4) is 0 Å². The zero-order valence-corrected chi connectivity index (χ0v) is 12.4. The summed E-state index contributed by atoms with van der Waals surface area (Å²) in [4.78, 5) is 4.04. The maximum Gasteiger partial charge on any atom is 0.146 e. The van der Waals surface area contributed by atoms with E-state index in [0.29, 0.717) is 11.5 Å². The van der Waals surface area contributed by atoms with Gasteiger partial charge in [-0.1, -0.05) is 43.3 Å². The topological polar surface area (TPSA) is 64.9 Å². The van der Waals surface area contributed by atoms with E-state index in [2.05, 4.69) is 54.4 Å². The molecule has 1 aliphatic carbocycles. The Morgan fingerprint density at radius 3 is 2.32 bits per heavy atom. The molecule has 3 nitrogen and oxygen atoms in total. The lowest BCUT2D eigenvalue weighted by Gasteiger charge is -2.26. The van der Waals surface area contributed by atoms with Gasteiger partial charge in [-0.25, -0.2) is 4.98 Å². The van der Waals surface area contributed by atoms with Gasteiger partial charge >= 0.3 is 0 Å². The summed E-state index contributed by atoms with van der Waals surface area (Å²) < 4.78 is 0. The fourth-order valence-electron chi connectivity index (χ4n) is 3.24. The molecule has 0 bridgehead atoms. The lowest BCUT2D eigenvalue weighted by Crippen LogP contribution is -2.07. The van der Waals surface area contributed by atoms with E-state index in [1.54, 1.807) is 6.20 Å². The first-order valence-electron chi connectivity index (χ1n) is 7.40. The molecule has 1 unspecified atom stereocenters. The van der Waals surface area contributed by atoms with Crippen molar-refractivity contribution in [2.45, 2.75) is 12.8 Å². The van der Waals surface area contributed by atoms with Crippen LogP contribution in [-0.2, 0) is 0 Å². The molecule has 0 aliphatic heterocycles. The van der Waals surface area contributed by atoms with E-state index < -0.39 is 0 Å². The summed E-state index contributed by atoms with van der Waals surface area (Å²) >= 11 is 0. The third-order valence-electron chi connectivity index (χ3n) is 4.57. The highest BCUT2D eigenvalue weighted by Gasteiger charge is 2.23. The monoisotopic (exact) mass is 287 g/mol. The van der Waals surface area contributed by atoms with Gasteiger partial charge in [-0.2, -0.15) is 0 Å². The Bertz CT molecular complexity index is 884. The third kappa shape index (κ3) is 1.72. The van der Waals surface area contributed by atoms with Crippen molar-refractivity contribution in [3.63, 3.8) is 0 Å². The molecule has 3 heteroatoms. The first kappa shape index (κ1) is 12.9. The Morgan fingerprint density at radius 1 is 0.864 bits per heavy atom. The van der Waals surface area contributed by atoms with Crippen molar-refractivity contribution < 1.29 is 0 Å². The van der Waals surface area contributed by atoms with Crippen LogP contribution in [0.5, 0.6) is 0 Å². The molecule has 108 valence electrons. The van der Waals surface area contributed by atoms with Gasteiger partial charge in [0.2, 0.25) is 0 Å². The molecule has 1 aliphatic rings. The molecular weight excluding hydrogens is 270 g/mol. The molecule has 0 saturated heterocycles. The van der Waals surface area contributed by atoms with Gasteiger partial charge in [0.1, 0.15) is 5.82 Å². The molecule has 0 amide bonds. The number of benzene rings is 2. The Morgan fingerprint density at radius 2 is 1.55 bits per heavy atom. The normalized spacial score (nSPS) is 13.0. The number of pyridine rings is 1. The summed E-state index contributed by atoms with van der Waals surface area (Å²) in [5.74, 6) is 0.585. The minimum absolute atomic E-state index is 0.184. The van der Waals surface area contributed by atoms with Crippen LogP contribution in [-0.4, -0.2) is 4.98 Å². The van der Waals surface area contributed by atoms with E-state index in [0.717, 1.165) is 5.56 Å². The molecule has 0 saturated carbocycles. The predicted molar refractivity (Wildman–Crippen MR) is 91.5 cm³/mol. The Labute approximate surface area is 129 Å². The molecule has 3 aromatic rings. The van der Waals surface area contributed by atoms with Gasteiger partial charge in [0.25, 0.3) is 0 Å². The largest absolute Gasteiger partial charge is 0.396 e. The summed E-state index contributed by atoms with van der Waals surface area (Å²) in [5.41, 5.74) is 20.1. The van der Waals surface area contributed by atoms with Crippen molar-refractivity contribution in [1.29, 1.82) is 0 Å². The second kappa shape index (κ2) is 4.60. The predicted octanol–water partition coefficient (Wildman–Crippen LogP) is 4.05. The molecule has 4 N–H and O–H groups in total. The highest BCUT2D eigenvalue weighted by Crippen LogP contribution is 2.48. The number of rotatable bonds is 2. The number of hydrogen-bond donors (Lipinski definition) is 2. The van der Waals surface area contributed by atoms with E-state index in [9.17, 15) is 0 Å². The first-order valence-corrected chi connectivity index (χ1v) is 7.40. The lowest BCUT2D eigenvalue weighted by atomic mass is 9.78. The maximum absolute atomic E-state index is 6.09. The first-order chi connectivity index (χ1) is 10.7. The molecule has 0 fully saturated rings. The van der Waals surface area contributed by atoms with Gasteiger partial charge in [0, 0.05) is 12.1 Å². The highest BCUT2D eigenvalue weighted by atomic mass is 14.9. The second-order valence-electron chi connectivity index (χ2n) is 5.77. The standard InChI is InChI=1S/C19H17N3/c1-11(13-8-9-22-19(21)18(13)20)12-6-7-16-14-4-2-3-5-15(14)17(16)10-12/h2-11H,20H2,1H3,(H2,21,22). The number of nitrogens with zero attached hydrogens (tertiary/aromatic N) is 1. The minimum atomic E-state index is 0.184. The van der Waals surface area contributed by atoms with Crippen LogP contribution in [0, 0.1) is 0 Å². The van der Waals surface area contributed by atoms with E-state index in [-0.39, 0.29) is 5.92 Å².